The zero-order valence-electron chi connectivity index (χ0n) is 12.3. The monoisotopic (exact) mass is 264 g/mol. The minimum atomic E-state index is 0.00560. The third-order valence-electron chi connectivity index (χ3n) is 2.86. The van der Waals surface area contributed by atoms with Gasteiger partial charge in [-0.25, -0.2) is 0 Å². The van der Waals surface area contributed by atoms with E-state index in [0.29, 0.717) is 24.2 Å². The number of hydrogen-bond donors (Lipinski definition) is 1. The summed E-state index contributed by atoms with van der Waals surface area (Å²) in [7, 11) is 7.80. The van der Waals surface area contributed by atoms with Crippen LogP contribution in [0.3, 0.4) is 0 Å². The van der Waals surface area contributed by atoms with E-state index in [1.54, 1.807) is 6.21 Å². The first-order chi connectivity index (χ1) is 8.91. The van der Waals surface area contributed by atoms with Gasteiger partial charge in [-0.2, -0.15) is 0 Å². The van der Waals surface area contributed by atoms with Crippen LogP contribution in [0.15, 0.2) is 28.0 Å². The summed E-state index contributed by atoms with van der Waals surface area (Å²) in [5.74, 6) is 0.00560. The maximum atomic E-state index is 12.3. The molecule has 0 aromatic heterocycles. The van der Waals surface area contributed by atoms with Gasteiger partial charge in [-0.05, 0) is 26.9 Å². The number of rotatable bonds is 5. The number of nitrogens with two attached hydrogens (primary N) is 1. The summed E-state index contributed by atoms with van der Waals surface area (Å²) < 4.78 is 0. The summed E-state index contributed by atoms with van der Waals surface area (Å²) in [6, 6.07) is 0. The second-order valence-electron chi connectivity index (χ2n) is 5.22. The molecule has 0 aliphatic heterocycles. The molecule has 0 aromatic rings. The molecular weight excluding hydrogens is 240 g/mol. The standard InChI is InChI=1S/C14H24N4O/c1-17(2)8-7-16-9-12-13(15)6-5-11(14(12)19)10-18(3)4/h9-10H,5-8,15H2,1-4H3/b11-10-,16-9?. The van der Waals surface area contributed by atoms with Crippen LogP contribution in [0.1, 0.15) is 12.8 Å². The number of carbonyl (C=O) groups is 1. The fourth-order valence-corrected chi connectivity index (χ4v) is 1.83. The SMILES string of the molecule is CN(C)/C=C1/CCC(N)=C(C=NCCN(C)C)C1=O. The average molecular weight is 264 g/mol. The van der Waals surface area contributed by atoms with Gasteiger partial charge in [0.1, 0.15) is 0 Å². The van der Waals surface area contributed by atoms with Crippen molar-refractivity contribution in [2.45, 2.75) is 12.8 Å². The molecule has 0 aromatic carbocycles. The zero-order chi connectivity index (χ0) is 14.4. The fraction of sp³-hybridized carbons (Fsp3) is 0.571. The van der Waals surface area contributed by atoms with Gasteiger partial charge >= 0.3 is 0 Å². The van der Waals surface area contributed by atoms with Crippen LogP contribution in [0.2, 0.25) is 0 Å². The van der Waals surface area contributed by atoms with E-state index < -0.39 is 0 Å². The van der Waals surface area contributed by atoms with E-state index in [-0.39, 0.29) is 5.78 Å². The van der Waals surface area contributed by atoms with Crippen molar-refractivity contribution in [2.75, 3.05) is 41.3 Å². The van der Waals surface area contributed by atoms with E-state index >= 15 is 0 Å². The largest absolute Gasteiger partial charge is 0.401 e. The van der Waals surface area contributed by atoms with Crippen LogP contribution >= 0.6 is 0 Å². The third-order valence-corrected chi connectivity index (χ3v) is 2.86. The Bertz CT molecular complexity index is 419. The van der Waals surface area contributed by atoms with Crippen molar-refractivity contribution in [1.29, 1.82) is 0 Å². The number of nitrogens with zero attached hydrogens (tertiary/aromatic N) is 3. The molecule has 5 nitrogen and oxygen atoms in total. The lowest BCUT2D eigenvalue weighted by Gasteiger charge is -2.18. The normalized spacial score (nSPS) is 19.0. The number of allylic oxidation sites excluding steroid dienone is 3. The van der Waals surface area contributed by atoms with Crippen molar-refractivity contribution in [3.05, 3.63) is 23.0 Å². The molecule has 0 unspecified atom stereocenters. The van der Waals surface area contributed by atoms with Crippen LogP contribution in [0.25, 0.3) is 0 Å². The van der Waals surface area contributed by atoms with E-state index in [1.807, 2.05) is 39.3 Å². The Morgan fingerprint density at radius 1 is 1.26 bits per heavy atom. The number of likely N-dealkylation sites (N-methyl/N-ethyl adjacent to an activating group) is 1. The molecule has 0 saturated heterocycles. The van der Waals surface area contributed by atoms with E-state index in [1.165, 1.54) is 0 Å². The molecule has 2 N–H and O–H groups in total. The van der Waals surface area contributed by atoms with Crippen molar-refractivity contribution in [3.63, 3.8) is 0 Å². The Kier molecular flexibility index (Phi) is 5.76. The summed E-state index contributed by atoms with van der Waals surface area (Å²) >= 11 is 0. The second kappa shape index (κ2) is 7.09. The quantitative estimate of drug-likeness (QED) is 0.585. The van der Waals surface area contributed by atoms with E-state index in [2.05, 4.69) is 9.89 Å². The van der Waals surface area contributed by atoms with E-state index in [9.17, 15) is 4.79 Å². The maximum absolute atomic E-state index is 12.3. The van der Waals surface area contributed by atoms with Crippen LogP contribution in [-0.2, 0) is 4.79 Å². The second-order valence-corrected chi connectivity index (χ2v) is 5.22. The maximum Gasteiger partial charge on any atom is 0.193 e. The van der Waals surface area contributed by atoms with Gasteiger partial charge in [0, 0.05) is 44.3 Å². The van der Waals surface area contributed by atoms with Crippen molar-refractivity contribution in [1.82, 2.24) is 9.80 Å². The van der Waals surface area contributed by atoms with Crippen LogP contribution in [0, 0.1) is 0 Å². The molecule has 0 saturated carbocycles. The summed E-state index contributed by atoms with van der Waals surface area (Å²) in [6.45, 7) is 1.53. The Balaban J connectivity index is 2.77. The predicted octanol–water partition coefficient (Wildman–Crippen LogP) is 0.640. The third kappa shape index (κ3) is 4.87. The van der Waals surface area contributed by atoms with Gasteiger partial charge in [0.25, 0.3) is 0 Å². The van der Waals surface area contributed by atoms with E-state index in [0.717, 1.165) is 18.5 Å². The molecule has 1 rings (SSSR count). The zero-order valence-corrected chi connectivity index (χ0v) is 12.3. The molecule has 0 spiro atoms. The summed E-state index contributed by atoms with van der Waals surface area (Å²) in [6.07, 6.45) is 4.92. The van der Waals surface area contributed by atoms with Gasteiger partial charge in [0.2, 0.25) is 0 Å². The lowest BCUT2D eigenvalue weighted by atomic mass is 9.91. The van der Waals surface area contributed by atoms with Gasteiger partial charge < -0.3 is 15.5 Å². The number of hydrogen-bond acceptors (Lipinski definition) is 5. The summed E-state index contributed by atoms with van der Waals surface area (Å²) in [4.78, 5) is 20.5. The van der Waals surface area contributed by atoms with Gasteiger partial charge in [-0.3, -0.25) is 9.79 Å². The van der Waals surface area contributed by atoms with Crippen LogP contribution in [0.4, 0.5) is 0 Å². The summed E-state index contributed by atoms with van der Waals surface area (Å²) in [5, 5.41) is 0. The van der Waals surface area contributed by atoms with Crippen LogP contribution in [0.5, 0.6) is 0 Å². The lowest BCUT2D eigenvalue weighted by molar-refractivity contribution is -0.112. The topological polar surface area (TPSA) is 61.9 Å². The van der Waals surface area contributed by atoms with E-state index in [4.69, 9.17) is 5.73 Å². The highest BCUT2D eigenvalue weighted by Crippen LogP contribution is 2.22. The molecule has 5 heteroatoms. The first-order valence-electron chi connectivity index (χ1n) is 6.46. The molecular formula is C14H24N4O. The molecule has 0 amide bonds. The molecule has 0 bridgehead atoms. The van der Waals surface area contributed by atoms with Crippen molar-refractivity contribution < 1.29 is 4.79 Å². The molecule has 0 radical (unpaired) electrons. The molecule has 0 heterocycles. The molecule has 0 atom stereocenters. The smallest absolute Gasteiger partial charge is 0.193 e. The lowest BCUT2D eigenvalue weighted by Crippen LogP contribution is -2.22. The minimum Gasteiger partial charge on any atom is -0.401 e. The highest BCUT2D eigenvalue weighted by molar-refractivity contribution is 6.22. The predicted molar refractivity (Wildman–Crippen MR) is 79.1 cm³/mol. The van der Waals surface area contributed by atoms with Gasteiger partial charge in [0.05, 0.1) is 12.1 Å². The van der Waals surface area contributed by atoms with Gasteiger partial charge in [-0.15, -0.1) is 0 Å². The fourth-order valence-electron chi connectivity index (χ4n) is 1.83. The average Bonchev–Trinajstić information content (AvgIpc) is 2.31. The number of Topliss-reactive ketones (excluding diaryl/α,β-unsaturated/α-hetero) is 1. The van der Waals surface area contributed by atoms with Crippen LogP contribution < -0.4 is 5.73 Å². The number of ketones is 1. The molecule has 19 heavy (non-hydrogen) atoms. The number of carbonyl (C=O) groups excluding carboxylic acids is 1. The Morgan fingerprint density at radius 3 is 2.53 bits per heavy atom. The Labute approximate surface area is 115 Å². The van der Waals surface area contributed by atoms with Crippen molar-refractivity contribution in [3.8, 4) is 0 Å². The highest BCUT2D eigenvalue weighted by atomic mass is 16.1. The summed E-state index contributed by atoms with van der Waals surface area (Å²) in [5.41, 5.74) is 7.92. The Morgan fingerprint density at radius 2 is 1.95 bits per heavy atom. The minimum absolute atomic E-state index is 0.00560. The highest BCUT2D eigenvalue weighted by Gasteiger charge is 2.22. The van der Waals surface area contributed by atoms with Crippen molar-refractivity contribution in [2.24, 2.45) is 10.7 Å². The van der Waals surface area contributed by atoms with Crippen LogP contribution in [-0.4, -0.2) is 63.1 Å². The first kappa shape index (κ1) is 15.4. The Hall–Kier alpha value is -1.62. The molecule has 0 fully saturated rings. The van der Waals surface area contributed by atoms with Gasteiger partial charge in [0.15, 0.2) is 5.78 Å². The van der Waals surface area contributed by atoms with Gasteiger partial charge in [-0.1, -0.05) is 0 Å². The molecule has 1 aliphatic rings. The van der Waals surface area contributed by atoms with Crippen molar-refractivity contribution >= 4 is 12.0 Å². The molecule has 106 valence electrons. The number of aliphatic imine (C=N–C) groups is 1. The molecule has 1 aliphatic carbocycles. The first-order valence-corrected chi connectivity index (χ1v) is 6.46.